The second-order valence-electron chi connectivity index (χ2n) is 4.61. The van der Waals surface area contributed by atoms with Crippen LogP contribution in [0.5, 0.6) is 0 Å². The highest BCUT2D eigenvalue weighted by Gasteiger charge is 2.11. The number of hydrogen-bond donors (Lipinski definition) is 1. The summed E-state index contributed by atoms with van der Waals surface area (Å²) in [5, 5.41) is 1.53. The van der Waals surface area contributed by atoms with Crippen LogP contribution in [0.1, 0.15) is 19.2 Å². The van der Waals surface area contributed by atoms with E-state index < -0.39 is 0 Å². The van der Waals surface area contributed by atoms with E-state index in [9.17, 15) is 0 Å². The van der Waals surface area contributed by atoms with E-state index in [-0.39, 0.29) is 0 Å². The highest BCUT2D eigenvalue weighted by molar-refractivity contribution is 6.34. The number of rotatable bonds is 3. The van der Waals surface area contributed by atoms with Gasteiger partial charge in [-0.15, -0.1) is 0 Å². The molecule has 0 unspecified atom stereocenters. The zero-order chi connectivity index (χ0) is 14.1. The highest BCUT2D eigenvalue weighted by atomic mass is 35.5. The van der Waals surface area contributed by atoms with Crippen molar-refractivity contribution in [3.8, 4) is 11.5 Å². The Bertz CT molecular complexity index is 767. The van der Waals surface area contributed by atoms with Crippen LogP contribution in [0.25, 0.3) is 22.4 Å². The lowest BCUT2D eigenvalue weighted by molar-refractivity contribution is 0.627. The Morgan fingerprint density at radius 3 is 2.85 bits per heavy atom. The zero-order valence-corrected chi connectivity index (χ0v) is 11.8. The lowest BCUT2D eigenvalue weighted by atomic mass is 10.2. The van der Waals surface area contributed by atoms with E-state index in [0.29, 0.717) is 27.9 Å². The van der Waals surface area contributed by atoms with Gasteiger partial charge in [-0.05, 0) is 18.6 Å². The minimum absolute atomic E-state index is 0.449. The zero-order valence-electron chi connectivity index (χ0n) is 11.1. The molecule has 0 atom stereocenters. The topological polar surface area (TPSA) is 64.9 Å². The maximum absolute atomic E-state index is 6.12. The van der Waals surface area contributed by atoms with Gasteiger partial charge in [0.05, 0.1) is 5.02 Å². The van der Waals surface area contributed by atoms with E-state index in [4.69, 9.17) is 21.8 Å². The van der Waals surface area contributed by atoms with Crippen LogP contribution in [0.4, 0.5) is 5.82 Å². The van der Waals surface area contributed by atoms with Crippen molar-refractivity contribution in [2.24, 2.45) is 0 Å². The Labute approximate surface area is 121 Å². The van der Waals surface area contributed by atoms with Crippen molar-refractivity contribution >= 4 is 28.4 Å². The minimum Gasteiger partial charge on any atom is -0.453 e. The van der Waals surface area contributed by atoms with Crippen LogP contribution in [0.15, 0.2) is 34.7 Å². The van der Waals surface area contributed by atoms with Crippen LogP contribution in [0.2, 0.25) is 5.02 Å². The van der Waals surface area contributed by atoms with E-state index in [1.54, 1.807) is 12.1 Å². The molecule has 3 rings (SSSR count). The Morgan fingerprint density at radius 1 is 1.25 bits per heavy atom. The SMILES string of the molecule is CCCc1nc(N)cc(-c2cc3cccc(Cl)c3o2)n1. The van der Waals surface area contributed by atoms with Crippen LogP contribution < -0.4 is 5.73 Å². The van der Waals surface area contributed by atoms with E-state index in [2.05, 4.69) is 16.9 Å². The summed E-state index contributed by atoms with van der Waals surface area (Å²) >= 11 is 6.12. The fourth-order valence-electron chi connectivity index (χ4n) is 2.13. The largest absolute Gasteiger partial charge is 0.453 e. The molecule has 0 fully saturated rings. The van der Waals surface area contributed by atoms with Gasteiger partial charge >= 0.3 is 0 Å². The first-order chi connectivity index (χ1) is 9.67. The van der Waals surface area contributed by atoms with Crippen LogP contribution in [0.3, 0.4) is 0 Å². The van der Waals surface area contributed by atoms with Gasteiger partial charge in [0.15, 0.2) is 11.3 Å². The third-order valence-corrected chi connectivity index (χ3v) is 3.31. The number of anilines is 1. The summed E-state index contributed by atoms with van der Waals surface area (Å²) in [6.45, 7) is 2.08. The van der Waals surface area contributed by atoms with E-state index in [1.807, 2.05) is 18.2 Å². The molecule has 2 aromatic heterocycles. The monoisotopic (exact) mass is 287 g/mol. The Morgan fingerprint density at radius 2 is 2.10 bits per heavy atom. The smallest absolute Gasteiger partial charge is 0.154 e. The first-order valence-corrected chi connectivity index (χ1v) is 6.87. The molecule has 20 heavy (non-hydrogen) atoms. The molecule has 1 aromatic carbocycles. The number of fused-ring (bicyclic) bond motifs is 1. The van der Waals surface area contributed by atoms with Crippen molar-refractivity contribution in [1.82, 2.24) is 9.97 Å². The molecule has 0 radical (unpaired) electrons. The van der Waals surface area contributed by atoms with Crippen molar-refractivity contribution in [3.63, 3.8) is 0 Å². The third kappa shape index (κ3) is 2.34. The molecular formula is C15H14ClN3O. The van der Waals surface area contributed by atoms with Gasteiger partial charge in [0.2, 0.25) is 0 Å². The quantitative estimate of drug-likeness (QED) is 0.788. The molecule has 0 aliphatic rings. The van der Waals surface area contributed by atoms with Crippen LogP contribution >= 0.6 is 11.6 Å². The molecule has 0 saturated heterocycles. The van der Waals surface area contributed by atoms with E-state index in [1.165, 1.54) is 0 Å². The fraction of sp³-hybridized carbons (Fsp3) is 0.200. The number of benzene rings is 1. The van der Waals surface area contributed by atoms with Crippen LogP contribution in [0, 0.1) is 0 Å². The Balaban J connectivity index is 2.12. The lowest BCUT2D eigenvalue weighted by Crippen LogP contribution is -2.00. The summed E-state index contributed by atoms with van der Waals surface area (Å²) in [7, 11) is 0. The average molecular weight is 288 g/mol. The predicted octanol–water partition coefficient (Wildman–Crippen LogP) is 4.08. The molecule has 0 aliphatic heterocycles. The van der Waals surface area contributed by atoms with Gasteiger partial charge in [0, 0.05) is 17.9 Å². The van der Waals surface area contributed by atoms with Crippen molar-refractivity contribution in [1.29, 1.82) is 0 Å². The summed E-state index contributed by atoms with van der Waals surface area (Å²) in [5.41, 5.74) is 7.19. The summed E-state index contributed by atoms with van der Waals surface area (Å²) in [6, 6.07) is 9.27. The Kier molecular flexibility index (Phi) is 3.32. The number of nitrogens with two attached hydrogens (primary N) is 1. The summed E-state index contributed by atoms with van der Waals surface area (Å²) in [6.07, 6.45) is 1.76. The summed E-state index contributed by atoms with van der Waals surface area (Å²) in [5.74, 6) is 1.83. The number of hydrogen-bond acceptors (Lipinski definition) is 4. The minimum atomic E-state index is 0.449. The molecule has 0 amide bonds. The number of nitrogen functional groups attached to an aromatic ring is 1. The van der Waals surface area contributed by atoms with E-state index >= 15 is 0 Å². The molecule has 3 aromatic rings. The average Bonchev–Trinajstić information content (AvgIpc) is 2.84. The molecule has 0 saturated carbocycles. The first kappa shape index (κ1) is 12.9. The van der Waals surface area contributed by atoms with Crippen molar-refractivity contribution in [2.45, 2.75) is 19.8 Å². The van der Waals surface area contributed by atoms with Crippen LogP contribution in [-0.4, -0.2) is 9.97 Å². The van der Waals surface area contributed by atoms with E-state index in [0.717, 1.165) is 24.1 Å². The van der Waals surface area contributed by atoms with Crippen molar-refractivity contribution in [2.75, 3.05) is 5.73 Å². The maximum atomic E-state index is 6.12. The van der Waals surface area contributed by atoms with Gasteiger partial charge in [-0.1, -0.05) is 30.7 Å². The molecular weight excluding hydrogens is 274 g/mol. The van der Waals surface area contributed by atoms with Crippen LogP contribution in [-0.2, 0) is 6.42 Å². The molecule has 0 aliphatic carbocycles. The number of para-hydroxylation sites is 1. The summed E-state index contributed by atoms with van der Waals surface area (Å²) < 4.78 is 5.80. The maximum Gasteiger partial charge on any atom is 0.154 e. The number of furan rings is 1. The normalized spacial score (nSPS) is 11.1. The molecule has 2 N–H and O–H groups in total. The van der Waals surface area contributed by atoms with Gasteiger partial charge in [-0.2, -0.15) is 0 Å². The van der Waals surface area contributed by atoms with Crippen molar-refractivity contribution in [3.05, 3.63) is 41.2 Å². The second kappa shape index (κ2) is 5.13. The predicted molar refractivity (Wildman–Crippen MR) is 80.7 cm³/mol. The van der Waals surface area contributed by atoms with Gasteiger partial charge in [-0.3, -0.25) is 0 Å². The number of nitrogens with zero attached hydrogens (tertiary/aromatic N) is 2. The van der Waals surface area contributed by atoms with Gasteiger partial charge in [0.1, 0.15) is 17.3 Å². The van der Waals surface area contributed by atoms with Crippen molar-refractivity contribution < 1.29 is 4.42 Å². The number of aryl methyl sites for hydroxylation is 1. The van der Waals surface area contributed by atoms with Gasteiger partial charge in [-0.25, -0.2) is 9.97 Å². The molecule has 0 spiro atoms. The fourth-order valence-corrected chi connectivity index (χ4v) is 2.35. The summed E-state index contributed by atoms with van der Waals surface area (Å²) in [4.78, 5) is 8.71. The molecule has 2 heterocycles. The Hall–Kier alpha value is -2.07. The molecule has 0 bridgehead atoms. The third-order valence-electron chi connectivity index (χ3n) is 3.01. The number of halogens is 1. The number of aromatic nitrogens is 2. The molecule has 102 valence electrons. The molecule has 4 nitrogen and oxygen atoms in total. The highest BCUT2D eigenvalue weighted by Crippen LogP contribution is 2.31. The second-order valence-corrected chi connectivity index (χ2v) is 5.02. The first-order valence-electron chi connectivity index (χ1n) is 6.49. The van der Waals surface area contributed by atoms with Gasteiger partial charge in [0.25, 0.3) is 0 Å². The lowest BCUT2D eigenvalue weighted by Gasteiger charge is -2.02. The molecule has 5 heteroatoms. The van der Waals surface area contributed by atoms with Gasteiger partial charge < -0.3 is 10.2 Å². The standard InChI is InChI=1S/C15H14ClN3O/c1-2-4-14-18-11(8-13(17)19-14)12-7-9-5-3-6-10(16)15(9)20-12/h3,5-8H,2,4H2,1H3,(H2,17,18,19).